The number of likely N-dealkylation sites (tertiary alicyclic amines) is 1. The number of amides is 3. The molecule has 0 bridgehead atoms. The zero-order valence-corrected chi connectivity index (χ0v) is 12.7. The van der Waals surface area contributed by atoms with Crippen molar-refractivity contribution in [2.45, 2.75) is 52.1 Å². The van der Waals surface area contributed by atoms with Crippen LogP contribution in [-0.4, -0.2) is 51.8 Å². The van der Waals surface area contributed by atoms with Gasteiger partial charge in [-0.1, -0.05) is 0 Å². The van der Waals surface area contributed by atoms with Crippen LogP contribution < -0.4 is 0 Å². The van der Waals surface area contributed by atoms with Crippen molar-refractivity contribution in [3.63, 3.8) is 0 Å². The number of hydroxylamine groups is 2. The molecule has 2 heterocycles. The average Bonchev–Trinajstić information content (AvgIpc) is 2.40. The molecule has 2 aliphatic heterocycles. The highest BCUT2D eigenvalue weighted by Gasteiger charge is 2.50. The molecule has 1 unspecified atom stereocenters. The van der Waals surface area contributed by atoms with Gasteiger partial charge in [0, 0.05) is 19.5 Å². The monoisotopic (exact) mass is 298 g/mol. The molecule has 1 spiro atoms. The van der Waals surface area contributed by atoms with Crippen molar-refractivity contribution < 1.29 is 24.3 Å². The molecule has 0 aliphatic carbocycles. The molecule has 7 nitrogen and oxygen atoms in total. The van der Waals surface area contributed by atoms with Crippen LogP contribution in [0.3, 0.4) is 0 Å². The van der Waals surface area contributed by atoms with Gasteiger partial charge in [0.05, 0.1) is 5.41 Å². The number of hydrogen-bond acceptors (Lipinski definition) is 5. The number of carbonyl (C=O) groups excluding carboxylic acids is 3. The molecular formula is C14H22N2O5. The topological polar surface area (TPSA) is 87.2 Å². The molecule has 3 amide bonds. The number of nitrogens with zero attached hydrogens (tertiary/aromatic N) is 2. The van der Waals surface area contributed by atoms with Crippen LogP contribution in [0.2, 0.25) is 0 Å². The molecule has 0 aromatic heterocycles. The second-order valence-corrected chi connectivity index (χ2v) is 6.80. The smallest absolute Gasteiger partial charge is 0.410 e. The highest BCUT2D eigenvalue weighted by molar-refractivity contribution is 5.99. The largest absolute Gasteiger partial charge is 0.444 e. The quantitative estimate of drug-likeness (QED) is 0.541. The summed E-state index contributed by atoms with van der Waals surface area (Å²) in [4.78, 5) is 37.3. The van der Waals surface area contributed by atoms with E-state index < -0.39 is 28.9 Å². The number of carbonyl (C=O) groups is 3. The van der Waals surface area contributed by atoms with Gasteiger partial charge in [-0.25, -0.2) is 4.79 Å². The first-order valence-corrected chi connectivity index (χ1v) is 7.19. The lowest BCUT2D eigenvalue weighted by atomic mass is 9.73. The fraction of sp³-hybridized carbons (Fsp3) is 0.786. The van der Waals surface area contributed by atoms with Gasteiger partial charge in [-0.05, 0) is 40.0 Å². The summed E-state index contributed by atoms with van der Waals surface area (Å²) in [5.41, 5.74) is -1.46. The van der Waals surface area contributed by atoms with Crippen molar-refractivity contribution in [2.24, 2.45) is 5.41 Å². The maximum Gasteiger partial charge on any atom is 0.410 e. The van der Waals surface area contributed by atoms with Crippen molar-refractivity contribution in [3.8, 4) is 0 Å². The minimum atomic E-state index is -0.863. The lowest BCUT2D eigenvalue weighted by molar-refractivity contribution is -0.196. The number of hydrogen-bond donors (Lipinski definition) is 1. The van der Waals surface area contributed by atoms with E-state index in [-0.39, 0.29) is 18.0 Å². The van der Waals surface area contributed by atoms with Gasteiger partial charge in [0.25, 0.3) is 11.8 Å². The van der Waals surface area contributed by atoms with Crippen LogP contribution in [0.1, 0.15) is 46.5 Å². The molecule has 0 aromatic rings. The molecule has 0 saturated carbocycles. The fourth-order valence-electron chi connectivity index (χ4n) is 2.89. The van der Waals surface area contributed by atoms with Crippen molar-refractivity contribution in [3.05, 3.63) is 0 Å². The minimum Gasteiger partial charge on any atom is -0.444 e. The van der Waals surface area contributed by atoms with Gasteiger partial charge in [-0.15, -0.1) is 0 Å². The molecule has 7 heteroatoms. The molecule has 0 radical (unpaired) electrons. The van der Waals surface area contributed by atoms with E-state index in [1.54, 1.807) is 20.8 Å². The van der Waals surface area contributed by atoms with Gasteiger partial charge in [0.2, 0.25) is 0 Å². The standard InChI is InChI=1S/C14H22N2O5/c1-13(2,3)21-12(19)15-8-4-6-14(9-15)7-5-10(17)16(20)11(14)18/h20H,4-9H2,1-3H3. The Kier molecular flexibility index (Phi) is 3.97. The van der Waals surface area contributed by atoms with E-state index in [2.05, 4.69) is 0 Å². The predicted molar refractivity (Wildman–Crippen MR) is 72.3 cm³/mol. The van der Waals surface area contributed by atoms with E-state index in [4.69, 9.17) is 4.74 Å². The van der Waals surface area contributed by atoms with Crippen LogP contribution in [0, 0.1) is 5.41 Å². The van der Waals surface area contributed by atoms with E-state index in [0.717, 1.165) is 0 Å². The fourth-order valence-corrected chi connectivity index (χ4v) is 2.89. The molecular weight excluding hydrogens is 276 g/mol. The molecule has 2 rings (SSSR count). The SMILES string of the molecule is CC(C)(C)OC(=O)N1CCCC2(CCC(=O)N(O)C2=O)C1. The molecule has 2 saturated heterocycles. The Bertz CT molecular complexity index is 470. The van der Waals surface area contributed by atoms with Crippen LogP contribution in [0.25, 0.3) is 0 Å². The Morgan fingerprint density at radius 2 is 1.95 bits per heavy atom. The molecule has 1 N–H and O–H groups in total. The Labute approximate surface area is 123 Å². The van der Waals surface area contributed by atoms with E-state index in [0.29, 0.717) is 25.8 Å². The maximum atomic E-state index is 12.2. The molecule has 21 heavy (non-hydrogen) atoms. The third-order valence-corrected chi connectivity index (χ3v) is 3.93. The Hall–Kier alpha value is -1.63. The number of piperidine rings is 2. The summed E-state index contributed by atoms with van der Waals surface area (Å²) < 4.78 is 5.33. The van der Waals surface area contributed by atoms with Crippen LogP contribution in [-0.2, 0) is 14.3 Å². The summed E-state index contributed by atoms with van der Waals surface area (Å²) in [6.45, 7) is 6.05. The summed E-state index contributed by atoms with van der Waals surface area (Å²) in [6, 6.07) is 0. The van der Waals surface area contributed by atoms with Gasteiger partial charge in [0.15, 0.2) is 0 Å². The highest BCUT2D eigenvalue weighted by Crippen LogP contribution is 2.39. The summed E-state index contributed by atoms with van der Waals surface area (Å²) in [5, 5.41) is 9.78. The van der Waals surface area contributed by atoms with E-state index >= 15 is 0 Å². The van der Waals surface area contributed by atoms with Gasteiger partial charge in [-0.3, -0.25) is 14.8 Å². The van der Waals surface area contributed by atoms with Crippen molar-refractivity contribution in [2.75, 3.05) is 13.1 Å². The zero-order valence-electron chi connectivity index (χ0n) is 12.7. The second-order valence-electron chi connectivity index (χ2n) is 6.80. The summed E-state index contributed by atoms with van der Waals surface area (Å²) >= 11 is 0. The normalized spacial score (nSPS) is 27.2. The number of ether oxygens (including phenoxy) is 1. The summed E-state index contributed by atoms with van der Waals surface area (Å²) in [5.74, 6) is -1.19. The summed E-state index contributed by atoms with van der Waals surface area (Å²) in [7, 11) is 0. The third kappa shape index (κ3) is 3.18. The van der Waals surface area contributed by atoms with Crippen molar-refractivity contribution in [1.82, 2.24) is 9.96 Å². The minimum absolute atomic E-state index is 0.115. The highest BCUT2D eigenvalue weighted by atomic mass is 16.6. The van der Waals surface area contributed by atoms with Crippen LogP contribution in [0.4, 0.5) is 4.79 Å². The molecule has 0 aromatic carbocycles. The van der Waals surface area contributed by atoms with Crippen molar-refractivity contribution in [1.29, 1.82) is 0 Å². The first-order valence-electron chi connectivity index (χ1n) is 7.19. The Morgan fingerprint density at radius 1 is 1.29 bits per heavy atom. The lowest BCUT2D eigenvalue weighted by Crippen LogP contribution is -2.58. The number of rotatable bonds is 0. The van der Waals surface area contributed by atoms with Crippen LogP contribution in [0.15, 0.2) is 0 Å². The van der Waals surface area contributed by atoms with Crippen LogP contribution in [0.5, 0.6) is 0 Å². The first kappa shape index (κ1) is 15.8. The molecule has 2 fully saturated rings. The molecule has 2 aliphatic rings. The van der Waals surface area contributed by atoms with Gasteiger partial charge in [-0.2, -0.15) is 5.06 Å². The third-order valence-electron chi connectivity index (χ3n) is 3.93. The van der Waals surface area contributed by atoms with E-state index in [9.17, 15) is 19.6 Å². The Balaban J connectivity index is 2.12. The van der Waals surface area contributed by atoms with Gasteiger partial charge in [0.1, 0.15) is 5.60 Å². The first-order chi connectivity index (χ1) is 9.65. The van der Waals surface area contributed by atoms with E-state index in [1.165, 1.54) is 4.90 Å². The van der Waals surface area contributed by atoms with Gasteiger partial charge >= 0.3 is 6.09 Å². The molecule has 1 atom stereocenters. The zero-order chi connectivity index (χ0) is 15.8. The molecule has 118 valence electrons. The Morgan fingerprint density at radius 3 is 2.57 bits per heavy atom. The predicted octanol–water partition coefficient (Wildman–Crippen LogP) is 1.54. The maximum absolute atomic E-state index is 12.2. The van der Waals surface area contributed by atoms with E-state index in [1.807, 2.05) is 0 Å². The van der Waals surface area contributed by atoms with Gasteiger partial charge < -0.3 is 9.64 Å². The second kappa shape index (κ2) is 5.29. The summed E-state index contributed by atoms with van der Waals surface area (Å²) in [6.07, 6.45) is 1.23. The van der Waals surface area contributed by atoms with Crippen LogP contribution >= 0.6 is 0 Å². The lowest BCUT2D eigenvalue weighted by Gasteiger charge is -2.44. The van der Waals surface area contributed by atoms with Crippen molar-refractivity contribution >= 4 is 17.9 Å². The average molecular weight is 298 g/mol. The number of imide groups is 1.